The molecule has 35 heavy (non-hydrogen) atoms. The Kier molecular flexibility index (Phi) is 7.10. The number of piperidine rings is 1. The van der Waals surface area contributed by atoms with Gasteiger partial charge in [0.15, 0.2) is 5.78 Å². The summed E-state index contributed by atoms with van der Waals surface area (Å²) in [6, 6.07) is 26.1. The lowest BCUT2D eigenvalue weighted by molar-refractivity contribution is 0.0876. The third-order valence-electron chi connectivity index (χ3n) is 7.85. The lowest BCUT2D eigenvalue weighted by Crippen LogP contribution is -2.35. The van der Waals surface area contributed by atoms with E-state index in [0.717, 1.165) is 55.7 Å². The average molecular weight is 467 g/mol. The summed E-state index contributed by atoms with van der Waals surface area (Å²) >= 11 is 0. The number of para-hydroxylation sites is 1. The standard InChI is InChI=1S/C31H34N2O2/c1-32(28-10-6-3-7-11-28)31(35)27-14-15-29-26(22-27)13-12-25(30(29)34)18-21-33-19-16-24(17-20-33)23-8-4-2-5-9-23/h2-11,14-15,22,24-25H,12-13,16-21H2,1H3. The Morgan fingerprint density at radius 1 is 0.914 bits per heavy atom. The summed E-state index contributed by atoms with van der Waals surface area (Å²) in [6.45, 7) is 3.21. The molecule has 180 valence electrons. The van der Waals surface area contributed by atoms with Crippen molar-refractivity contribution in [3.63, 3.8) is 0 Å². The quantitative estimate of drug-likeness (QED) is 0.449. The maximum atomic E-state index is 13.2. The fraction of sp³-hybridized carbons (Fsp3) is 0.355. The number of rotatable bonds is 6. The lowest BCUT2D eigenvalue weighted by Gasteiger charge is -2.33. The van der Waals surface area contributed by atoms with E-state index in [4.69, 9.17) is 0 Å². The van der Waals surface area contributed by atoms with E-state index in [2.05, 4.69) is 35.2 Å². The molecular formula is C31H34N2O2. The van der Waals surface area contributed by atoms with Gasteiger partial charge in [-0.15, -0.1) is 0 Å². The SMILES string of the molecule is CN(C(=O)c1ccc2c(c1)CCC(CCN1CCC(c3ccccc3)CC1)C2=O)c1ccccc1. The molecule has 0 N–H and O–H groups in total. The monoisotopic (exact) mass is 466 g/mol. The van der Waals surface area contributed by atoms with Crippen molar-refractivity contribution in [1.82, 2.24) is 4.90 Å². The molecule has 0 aromatic heterocycles. The Bertz CT molecular complexity index is 1170. The van der Waals surface area contributed by atoms with Crippen LogP contribution in [0.25, 0.3) is 0 Å². The average Bonchev–Trinajstić information content (AvgIpc) is 2.93. The number of aryl methyl sites for hydroxylation is 1. The van der Waals surface area contributed by atoms with Crippen LogP contribution in [-0.2, 0) is 6.42 Å². The second-order valence-corrected chi connectivity index (χ2v) is 9.99. The number of amides is 1. The van der Waals surface area contributed by atoms with Crippen LogP contribution in [0.1, 0.15) is 63.4 Å². The van der Waals surface area contributed by atoms with Crippen molar-refractivity contribution in [3.05, 3.63) is 101 Å². The molecular weight excluding hydrogens is 432 g/mol. The van der Waals surface area contributed by atoms with Crippen molar-refractivity contribution in [2.45, 2.75) is 38.0 Å². The van der Waals surface area contributed by atoms with Gasteiger partial charge in [0.2, 0.25) is 0 Å². The van der Waals surface area contributed by atoms with Crippen LogP contribution < -0.4 is 4.90 Å². The summed E-state index contributed by atoms with van der Waals surface area (Å²) in [5, 5.41) is 0. The molecule has 0 saturated carbocycles. The number of anilines is 1. The molecule has 1 unspecified atom stereocenters. The molecule has 1 aliphatic heterocycles. The van der Waals surface area contributed by atoms with Gasteiger partial charge in [0, 0.05) is 29.8 Å². The minimum atomic E-state index is -0.0486. The third kappa shape index (κ3) is 5.23. The van der Waals surface area contributed by atoms with Crippen LogP contribution in [0, 0.1) is 5.92 Å². The summed E-state index contributed by atoms with van der Waals surface area (Å²) < 4.78 is 0. The Morgan fingerprint density at radius 3 is 2.31 bits per heavy atom. The van der Waals surface area contributed by atoms with Gasteiger partial charge in [-0.1, -0.05) is 54.6 Å². The van der Waals surface area contributed by atoms with Gasteiger partial charge in [0.25, 0.3) is 5.91 Å². The Labute approximate surface area is 208 Å². The third-order valence-corrected chi connectivity index (χ3v) is 7.85. The largest absolute Gasteiger partial charge is 0.311 e. The number of carbonyl (C=O) groups excluding carboxylic acids is 2. The molecule has 5 rings (SSSR count). The number of likely N-dealkylation sites (tertiary alicyclic amines) is 1. The molecule has 1 heterocycles. The normalized spacial score (nSPS) is 18.8. The van der Waals surface area contributed by atoms with Crippen molar-refractivity contribution in [2.24, 2.45) is 5.92 Å². The molecule has 1 aliphatic carbocycles. The van der Waals surface area contributed by atoms with Crippen molar-refractivity contribution in [1.29, 1.82) is 0 Å². The van der Waals surface area contributed by atoms with Crippen molar-refractivity contribution in [3.8, 4) is 0 Å². The minimum Gasteiger partial charge on any atom is -0.311 e. The highest BCUT2D eigenvalue weighted by Crippen LogP contribution is 2.31. The van der Waals surface area contributed by atoms with Gasteiger partial charge in [0.05, 0.1) is 0 Å². The second-order valence-electron chi connectivity index (χ2n) is 9.99. The van der Waals surface area contributed by atoms with Crippen LogP contribution in [0.15, 0.2) is 78.9 Å². The fourth-order valence-corrected chi connectivity index (χ4v) is 5.65. The first-order valence-electron chi connectivity index (χ1n) is 12.9. The van der Waals surface area contributed by atoms with Gasteiger partial charge >= 0.3 is 0 Å². The zero-order valence-corrected chi connectivity index (χ0v) is 20.5. The second kappa shape index (κ2) is 10.6. The number of hydrogen-bond donors (Lipinski definition) is 0. The first-order valence-corrected chi connectivity index (χ1v) is 12.9. The van der Waals surface area contributed by atoms with Crippen LogP contribution in [0.2, 0.25) is 0 Å². The predicted molar refractivity (Wildman–Crippen MR) is 141 cm³/mol. The number of fused-ring (bicyclic) bond motifs is 1. The molecule has 1 fully saturated rings. The Balaban J connectivity index is 1.16. The summed E-state index contributed by atoms with van der Waals surface area (Å²) in [4.78, 5) is 30.4. The summed E-state index contributed by atoms with van der Waals surface area (Å²) in [5.41, 5.74) is 4.78. The van der Waals surface area contributed by atoms with Crippen LogP contribution in [0.5, 0.6) is 0 Å². The van der Waals surface area contributed by atoms with Gasteiger partial charge in [-0.05, 0) is 93.0 Å². The van der Waals surface area contributed by atoms with E-state index in [-0.39, 0.29) is 17.6 Å². The molecule has 0 bridgehead atoms. The molecule has 3 aromatic rings. The number of Topliss-reactive ketones (excluding diaryl/α,β-unsaturated/α-hetero) is 1. The minimum absolute atomic E-state index is 0.0486. The van der Waals surface area contributed by atoms with Crippen molar-refractivity contribution in [2.75, 3.05) is 31.6 Å². The maximum Gasteiger partial charge on any atom is 0.258 e. The molecule has 2 aliphatic rings. The van der Waals surface area contributed by atoms with Gasteiger partial charge < -0.3 is 9.80 Å². The van der Waals surface area contributed by atoms with Gasteiger partial charge in [-0.25, -0.2) is 0 Å². The first-order chi connectivity index (χ1) is 17.1. The van der Waals surface area contributed by atoms with E-state index >= 15 is 0 Å². The van der Waals surface area contributed by atoms with Crippen LogP contribution in [0.3, 0.4) is 0 Å². The number of hydrogen-bond acceptors (Lipinski definition) is 3. The number of carbonyl (C=O) groups is 2. The lowest BCUT2D eigenvalue weighted by atomic mass is 9.80. The highest BCUT2D eigenvalue weighted by Gasteiger charge is 2.29. The number of benzene rings is 3. The highest BCUT2D eigenvalue weighted by atomic mass is 16.2. The van der Waals surface area contributed by atoms with Gasteiger partial charge in [-0.2, -0.15) is 0 Å². The molecule has 4 nitrogen and oxygen atoms in total. The smallest absolute Gasteiger partial charge is 0.258 e. The van der Waals surface area contributed by atoms with E-state index in [9.17, 15) is 9.59 Å². The Morgan fingerprint density at radius 2 is 1.60 bits per heavy atom. The zero-order valence-electron chi connectivity index (χ0n) is 20.5. The molecule has 1 amide bonds. The summed E-state index contributed by atoms with van der Waals surface area (Å²) in [6.07, 6.45) is 5.04. The zero-order chi connectivity index (χ0) is 24.2. The van der Waals surface area contributed by atoms with Gasteiger partial charge in [-0.3, -0.25) is 9.59 Å². The van der Waals surface area contributed by atoms with Gasteiger partial charge in [0.1, 0.15) is 0 Å². The van der Waals surface area contributed by atoms with Crippen molar-refractivity contribution >= 4 is 17.4 Å². The molecule has 1 saturated heterocycles. The molecule has 0 spiro atoms. The fourth-order valence-electron chi connectivity index (χ4n) is 5.65. The van der Waals surface area contributed by atoms with E-state index in [1.54, 1.807) is 11.9 Å². The summed E-state index contributed by atoms with van der Waals surface area (Å²) in [7, 11) is 1.79. The van der Waals surface area contributed by atoms with E-state index < -0.39 is 0 Å². The number of nitrogens with zero attached hydrogens (tertiary/aromatic N) is 2. The highest BCUT2D eigenvalue weighted by molar-refractivity contribution is 6.07. The van der Waals surface area contributed by atoms with E-state index in [0.29, 0.717) is 11.5 Å². The van der Waals surface area contributed by atoms with E-state index in [1.165, 1.54) is 18.4 Å². The molecule has 3 aromatic carbocycles. The molecule has 0 radical (unpaired) electrons. The van der Waals surface area contributed by atoms with E-state index in [1.807, 2.05) is 48.5 Å². The van der Waals surface area contributed by atoms with Crippen LogP contribution in [0.4, 0.5) is 5.69 Å². The first kappa shape index (κ1) is 23.5. The maximum absolute atomic E-state index is 13.2. The number of ketones is 1. The topological polar surface area (TPSA) is 40.6 Å². The molecule has 1 atom stereocenters. The summed E-state index contributed by atoms with van der Waals surface area (Å²) in [5.74, 6) is 0.949. The van der Waals surface area contributed by atoms with Crippen molar-refractivity contribution < 1.29 is 9.59 Å². The Hall–Kier alpha value is -3.24. The predicted octanol–water partition coefficient (Wildman–Crippen LogP) is 5.98. The van der Waals surface area contributed by atoms with Crippen LogP contribution in [-0.4, -0.2) is 43.3 Å². The van der Waals surface area contributed by atoms with Crippen LogP contribution >= 0.6 is 0 Å². The molecule has 4 heteroatoms.